The number of carbonyl (C=O) groups excluding carboxylic acids is 1. The molecule has 1 aromatic carbocycles. The summed E-state index contributed by atoms with van der Waals surface area (Å²) < 4.78 is 28.3. The molecule has 0 radical (unpaired) electrons. The topological polar surface area (TPSA) is 76.3 Å². The highest BCUT2D eigenvalue weighted by Gasteiger charge is 2.33. The number of aromatic nitrogens is 5. The number of carbonyl (C=O) groups is 1. The van der Waals surface area contributed by atoms with Crippen molar-refractivity contribution in [2.45, 2.75) is 25.7 Å². The molecule has 4 heterocycles. The molecule has 31 heavy (non-hydrogen) atoms. The van der Waals surface area contributed by atoms with E-state index in [9.17, 15) is 13.6 Å². The Balaban J connectivity index is 1.48. The first-order valence-corrected chi connectivity index (χ1v) is 10.1. The second-order valence-corrected chi connectivity index (χ2v) is 7.91. The largest absolute Gasteiger partial charge is 0.338 e. The van der Waals surface area contributed by atoms with Crippen molar-refractivity contribution in [3.63, 3.8) is 0 Å². The van der Waals surface area contributed by atoms with Crippen LogP contribution in [-0.2, 0) is 0 Å². The van der Waals surface area contributed by atoms with Gasteiger partial charge >= 0.3 is 0 Å². The number of rotatable bonds is 3. The summed E-state index contributed by atoms with van der Waals surface area (Å²) in [5, 5.41) is 5.08. The summed E-state index contributed by atoms with van der Waals surface area (Å²) in [5.74, 6) is 0.0841. The molecular weight excluding hydrogens is 402 g/mol. The van der Waals surface area contributed by atoms with Crippen molar-refractivity contribution in [3.05, 3.63) is 65.9 Å². The third kappa shape index (κ3) is 3.49. The highest BCUT2D eigenvalue weighted by molar-refractivity contribution is 5.98. The van der Waals surface area contributed by atoms with E-state index < -0.39 is 6.43 Å². The van der Waals surface area contributed by atoms with Gasteiger partial charge in [0.15, 0.2) is 0 Å². The quantitative estimate of drug-likeness (QED) is 0.501. The molecule has 158 valence electrons. The van der Waals surface area contributed by atoms with Crippen LogP contribution in [0.3, 0.4) is 0 Å². The van der Waals surface area contributed by atoms with E-state index in [2.05, 4.69) is 27.0 Å². The van der Waals surface area contributed by atoms with Crippen molar-refractivity contribution in [1.29, 1.82) is 0 Å². The van der Waals surface area contributed by atoms with Gasteiger partial charge in [0, 0.05) is 36.2 Å². The fourth-order valence-corrected chi connectivity index (χ4v) is 4.26. The Labute approximate surface area is 176 Å². The first-order valence-electron chi connectivity index (χ1n) is 10.1. The van der Waals surface area contributed by atoms with Crippen molar-refractivity contribution >= 4 is 22.6 Å². The van der Waals surface area contributed by atoms with Gasteiger partial charge in [-0.1, -0.05) is 13.0 Å². The molecule has 1 aliphatic rings. The van der Waals surface area contributed by atoms with Gasteiger partial charge < -0.3 is 4.90 Å². The fraction of sp³-hybridized carbons (Fsp3) is 0.318. The minimum absolute atomic E-state index is 0.0828. The van der Waals surface area contributed by atoms with Crippen LogP contribution in [0, 0.1) is 5.92 Å². The van der Waals surface area contributed by atoms with Crippen LogP contribution in [0.2, 0.25) is 0 Å². The number of hydrogen-bond donors (Lipinski definition) is 0. The molecule has 1 fully saturated rings. The van der Waals surface area contributed by atoms with Crippen LogP contribution >= 0.6 is 0 Å². The molecule has 3 aromatic heterocycles. The first-order chi connectivity index (χ1) is 15.0. The molecule has 1 aliphatic heterocycles. The Hall–Kier alpha value is -3.49. The van der Waals surface area contributed by atoms with Crippen LogP contribution in [-0.4, -0.2) is 48.5 Å². The molecule has 5 rings (SSSR count). The van der Waals surface area contributed by atoms with Crippen molar-refractivity contribution in [3.8, 4) is 0 Å². The number of likely N-dealkylation sites (tertiary alicyclic amines) is 1. The predicted molar refractivity (Wildman–Crippen MR) is 110 cm³/mol. The number of nitrogens with zero attached hydrogens (tertiary/aromatic N) is 6. The second-order valence-electron chi connectivity index (χ2n) is 7.91. The van der Waals surface area contributed by atoms with E-state index in [-0.39, 0.29) is 29.2 Å². The van der Waals surface area contributed by atoms with Crippen LogP contribution in [0.5, 0.6) is 0 Å². The Morgan fingerprint density at radius 2 is 2.06 bits per heavy atom. The molecule has 1 amide bonds. The molecule has 9 heteroatoms. The van der Waals surface area contributed by atoms with Gasteiger partial charge in [0.05, 0.1) is 11.2 Å². The highest BCUT2D eigenvalue weighted by atomic mass is 19.3. The molecule has 0 bridgehead atoms. The van der Waals surface area contributed by atoms with Gasteiger partial charge in [0.2, 0.25) is 0 Å². The van der Waals surface area contributed by atoms with E-state index in [4.69, 9.17) is 0 Å². The number of hydrogen-bond acceptors (Lipinski definition) is 5. The molecule has 1 unspecified atom stereocenters. The van der Waals surface area contributed by atoms with E-state index in [1.54, 1.807) is 17.2 Å². The molecular formula is C22H20F2N6O. The summed E-state index contributed by atoms with van der Waals surface area (Å²) in [6, 6.07) is 10.6. The molecule has 2 atom stereocenters. The summed E-state index contributed by atoms with van der Waals surface area (Å²) >= 11 is 0. The van der Waals surface area contributed by atoms with Crippen molar-refractivity contribution < 1.29 is 13.6 Å². The van der Waals surface area contributed by atoms with Crippen LogP contribution < -0.4 is 0 Å². The maximum Gasteiger partial charge on any atom is 0.280 e. The Morgan fingerprint density at radius 1 is 1.19 bits per heavy atom. The molecule has 0 N–H and O–H groups in total. The number of halogens is 2. The van der Waals surface area contributed by atoms with Crippen LogP contribution in [0.15, 0.2) is 48.9 Å². The van der Waals surface area contributed by atoms with E-state index in [1.165, 1.54) is 16.9 Å². The van der Waals surface area contributed by atoms with Crippen molar-refractivity contribution in [1.82, 2.24) is 29.5 Å². The monoisotopic (exact) mass is 422 g/mol. The standard InChI is InChI=1S/C22H20F2N6O/c1-13-6-8-29(21(31)15-4-5-17-14(9-15)3-2-7-25-17)11-16(13)19-10-18(20(23)24)28-22-26-12-27-30(19)22/h2-5,7,9-10,12-13,16,20H,6,8,11H2,1H3/t13-,16?/m1/s1. The van der Waals surface area contributed by atoms with Gasteiger partial charge in [0.25, 0.3) is 18.1 Å². The molecule has 0 saturated carbocycles. The molecule has 0 spiro atoms. The van der Waals surface area contributed by atoms with E-state index in [0.717, 1.165) is 17.3 Å². The van der Waals surface area contributed by atoms with E-state index >= 15 is 0 Å². The minimum atomic E-state index is -2.71. The number of piperidine rings is 1. The number of amides is 1. The SMILES string of the molecule is C[C@@H]1CCN(C(=O)c2ccc3ncccc3c2)CC1c1cc(C(F)F)nc2ncnn12. The Kier molecular flexibility index (Phi) is 4.80. The summed E-state index contributed by atoms with van der Waals surface area (Å²) in [6.45, 7) is 3.08. The lowest BCUT2D eigenvalue weighted by molar-refractivity contribution is 0.0665. The van der Waals surface area contributed by atoms with Gasteiger partial charge in [-0.25, -0.2) is 18.3 Å². The predicted octanol–water partition coefficient (Wildman–Crippen LogP) is 3.88. The molecule has 0 aliphatic carbocycles. The van der Waals surface area contributed by atoms with Gasteiger partial charge in [-0.2, -0.15) is 10.1 Å². The third-order valence-electron chi connectivity index (χ3n) is 6.00. The molecule has 1 saturated heterocycles. The molecule has 4 aromatic rings. The summed E-state index contributed by atoms with van der Waals surface area (Å²) in [6.07, 6.45) is 1.07. The average Bonchev–Trinajstić information content (AvgIpc) is 3.27. The Morgan fingerprint density at radius 3 is 2.90 bits per heavy atom. The van der Waals surface area contributed by atoms with Crippen LogP contribution in [0.4, 0.5) is 8.78 Å². The number of alkyl halides is 2. The van der Waals surface area contributed by atoms with Gasteiger partial charge in [-0.3, -0.25) is 9.78 Å². The highest BCUT2D eigenvalue weighted by Crippen LogP contribution is 2.34. The maximum absolute atomic E-state index is 13.4. The lowest BCUT2D eigenvalue weighted by atomic mass is 9.84. The second kappa shape index (κ2) is 7.64. The number of fused-ring (bicyclic) bond motifs is 2. The minimum Gasteiger partial charge on any atom is -0.338 e. The summed E-state index contributed by atoms with van der Waals surface area (Å²) in [7, 11) is 0. The normalized spacial score (nSPS) is 19.4. The maximum atomic E-state index is 13.4. The first kappa shape index (κ1) is 19.5. The Bertz CT molecular complexity index is 1270. The zero-order chi connectivity index (χ0) is 21.5. The van der Waals surface area contributed by atoms with Crippen LogP contribution in [0.1, 0.15) is 47.4 Å². The number of pyridine rings is 1. The van der Waals surface area contributed by atoms with Gasteiger partial charge in [0.1, 0.15) is 12.0 Å². The van der Waals surface area contributed by atoms with E-state index in [0.29, 0.717) is 24.3 Å². The van der Waals surface area contributed by atoms with E-state index in [1.807, 2.05) is 24.3 Å². The lowest BCUT2D eigenvalue weighted by Gasteiger charge is -2.37. The third-order valence-corrected chi connectivity index (χ3v) is 6.00. The zero-order valence-electron chi connectivity index (χ0n) is 16.8. The average molecular weight is 422 g/mol. The summed E-state index contributed by atoms with van der Waals surface area (Å²) in [4.78, 5) is 27.2. The summed E-state index contributed by atoms with van der Waals surface area (Å²) in [5.41, 5.74) is 1.69. The van der Waals surface area contributed by atoms with Crippen molar-refractivity contribution in [2.24, 2.45) is 5.92 Å². The lowest BCUT2D eigenvalue weighted by Crippen LogP contribution is -2.42. The van der Waals surface area contributed by atoms with Gasteiger partial charge in [-0.05, 0) is 42.7 Å². The van der Waals surface area contributed by atoms with Gasteiger partial charge in [-0.15, -0.1) is 0 Å². The fourth-order valence-electron chi connectivity index (χ4n) is 4.26. The number of benzene rings is 1. The van der Waals surface area contributed by atoms with Crippen LogP contribution in [0.25, 0.3) is 16.7 Å². The zero-order valence-corrected chi connectivity index (χ0v) is 16.8. The smallest absolute Gasteiger partial charge is 0.280 e. The molecule has 7 nitrogen and oxygen atoms in total. The van der Waals surface area contributed by atoms with Crippen molar-refractivity contribution in [2.75, 3.05) is 13.1 Å².